The minimum atomic E-state index is -3.42. The number of halogens is 1. The number of nitrogens with zero attached hydrogens (tertiary/aromatic N) is 6. The third kappa shape index (κ3) is 5.75. The van der Waals surface area contributed by atoms with E-state index in [0.29, 0.717) is 21.9 Å². The second-order valence-corrected chi connectivity index (χ2v) is 10.3. The van der Waals surface area contributed by atoms with Crippen molar-refractivity contribution in [3.8, 4) is 11.7 Å². The van der Waals surface area contributed by atoms with Crippen LogP contribution in [0.15, 0.2) is 54.1 Å². The van der Waals surface area contributed by atoms with Gasteiger partial charge in [-0.25, -0.2) is 28.4 Å². The standard InChI is InChI=1S/C22H22ClN7O5S/c1-13(2)34-11-17(21(31)29-18-7-6-14(9-25-18)36(3,32)33)35-22-15-10-28-30(19(15)26-12-27-22)20-16(23)5-4-8-24-20/h4-10,12-13,17H,11H2,1-3H3,(H,25,29,31)/t17-/m0/s1. The van der Waals surface area contributed by atoms with E-state index in [2.05, 4.69) is 30.4 Å². The van der Waals surface area contributed by atoms with Crippen LogP contribution in [0, 0.1) is 0 Å². The molecule has 1 N–H and O–H groups in total. The van der Waals surface area contributed by atoms with Gasteiger partial charge in [-0.05, 0) is 38.1 Å². The molecule has 0 aliphatic heterocycles. The van der Waals surface area contributed by atoms with Crippen molar-refractivity contribution < 1.29 is 22.7 Å². The normalized spacial score (nSPS) is 12.6. The van der Waals surface area contributed by atoms with E-state index >= 15 is 0 Å². The number of nitrogens with one attached hydrogen (secondary N) is 1. The Bertz CT molecular complexity index is 1490. The zero-order valence-corrected chi connectivity index (χ0v) is 21.1. The van der Waals surface area contributed by atoms with Gasteiger partial charge in [-0.15, -0.1) is 0 Å². The molecule has 12 nitrogen and oxygen atoms in total. The van der Waals surface area contributed by atoms with Crippen LogP contribution >= 0.6 is 11.6 Å². The molecule has 0 fully saturated rings. The summed E-state index contributed by atoms with van der Waals surface area (Å²) >= 11 is 6.26. The Hall–Kier alpha value is -3.68. The van der Waals surface area contributed by atoms with Crippen molar-refractivity contribution in [1.82, 2.24) is 29.7 Å². The maximum absolute atomic E-state index is 13.1. The fraction of sp³-hybridized carbons (Fsp3) is 0.273. The van der Waals surface area contributed by atoms with E-state index in [1.807, 2.05) is 13.8 Å². The Kier molecular flexibility index (Phi) is 7.43. The summed E-state index contributed by atoms with van der Waals surface area (Å²) in [5, 5.41) is 7.72. The lowest BCUT2D eigenvalue weighted by atomic mass is 10.3. The highest BCUT2D eigenvalue weighted by atomic mass is 35.5. The third-order valence-electron chi connectivity index (χ3n) is 4.81. The minimum Gasteiger partial charge on any atom is -0.461 e. The molecule has 36 heavy (non-hydrogen) atoms. The fourth-order valence-electron chi connectivity index (χ4n) is 3.06. The van der Waals surface area contributed by atoms with Gasteiger partial charge in [-0.2, -0.15) is 9.78 Å². The first-order valence-corrected chi connectivity index (χ1v) is 13.0. The van der Waals surface area contributed by atoms with E-state index in [1.54, 1.807) is 18.3 Å². The molecule has 188 valence electrons. The van der Waals surface area contributed by atoms with Crippen molar-refractivity contribution in [2.75, 3.05) is 18.2 Å². The van der Waals surface area contributed by atoms with E-state index in [-0.39, 0.29) is 29.3 Å². The summed E-state index contributed by atoms with van der Waals surface area (Å²) in [4.78, 5) is 29.8. The van der Waals surface area contributed by atoms with Crippen LogP contribution in [-0.4, -0.2) is 69.1 Å². The molecule has 4 aromatic rings. The lowest BCUT2D eigenvalue weighted by molar-refractivity contribution is -0.126. The quantitative estimate of drug-likeness (QED) is 0.341. The smallest absolute Gasteiger partial charge is 0.269 e. The second kappa shape index (κ2) is 10.5. The monoisotopic (exact) mass is 531 g/mol. The summed E-state index contributed by atoms with van der Waals surface area (Å²) in [6.45, 7) is 3.56. The predicted octanol–water partition coefficient (Wildman–Crippen LogP) is 2.47. The minimum absolute atomic E-state index is 0.0323. The first-order chi connectivity index (χ1) is 17.1. The van der Waals surface area contributed by atoms with Gasteiger partial charge in [0.25, 0.3) is 5.91 Å². The summed E-state index contributed by atoms with van der Waals surface area (Å²) < 4.78 is 36.3. The molecule has 0 aromatic carbocycles. The summed E-state index contributed by atoms with van der Waals surface area (Å²) in [5.74, 6) is 0.0595. The van der Waals surface area contributed by atoms with Crippen molar-refractivity contribution in [2.45, 2.75) is 31.0 Å². The maximum Gasteiger partial charge on any atom is 0.269 e. The van der Waals surface area contributed by atoms with Gasteiger partial charge < -0.3 is 14.8 Å². The van der Waals surface area contributed by atoms with Gasteiger partial charge in [0.15, 0.2) is 21.3 Å². The highest BCUT2D eigenvalue weighted by molar-refractivity contribution is 7.90. The Labute approximate surface area is 211 Å². The molecule has 0 radical (unpaired) electrons. The Morgan fingerprint density at radius 1 is 1.14 bits per heavy atom. The number of ether oxygens (including phenoxy) is 2. The van der Waals surface area contributed by atoms with Gasteiger partial charge in [0.2, 0.25) is 12.0 Å². The molecule has 1 atom stereocenters. The van der Waals surface area contributed by atoms with Crippen molar-refractivity contribution in [3.05, 3.63) is 54.2 Å². The van der Waals surface area contributed by atoms with Crippen LogP contribution in [0.1, 0.15) is 13.8 Å². The fourth-order valence-corrected chi connectivity index (χ4v) is 3.82. The summed E-state index contributed by atoms with van der Waals surface area (Å²) in [6, 6.07) is 6.11. The first kappa shape index (κ1) is 25.4. The third-order valence-corrected chi connectivity index (χ3v) is 6.20. The zero-order chi connectivity index (χ0) is 25.9. The van der Waals surface area contributed by atoms with E-state index in [9.17, 15) is 13.2 Å². The molecule has 0 aliphatic rings. The molecule has 4 heterocycles. The molecular formula is C22H22ClN7O5S. The second-order valence-electron chi connectivity index (χ2n) is 7.91. The molecule has 0 aliphatic carbocycles. The lowest BCUT2D eigenvalue weighted by Crippen LogP contribution is -2.38. The predicted molar refractivity (Wildman–Crippen MR) is 131 cm³/mol. The zero-order valence-electron chi connectivity index (χ0n) is 19.5. The summed E-state index contributed by atoms with van der Waals surface area (Å²) in [7, 11) is -3.42. The number of aromatic nitrogens is 6. The Balaban J connectivity index is 1.60. The number of pyridine rings is 2. The Morgan fingerprint density at radius 2 is 1.94 bits per heavy atom. The molecular weight excluding hydrogens is 510 g/mol. The average Bonchev–Trinajstić information content (AvgIpc) is 3.26. The molecule has 4 aromatic heterocycles. The summed E-state index contributed by atoms with van der Waals surface area (Å²) in [5.41, 5.74) is 0.377. The van der Waals surface area contributed by atoms with Crippen molar-refractivity contribution in [1.29, 1.82) is 0 Å². The van der Waals surface area contributed by atoms with Gasteiger partial charge in [0.1, 0.15) is 17.5 Å². The number of carbonyl (C=O) groups is 1. The number of rotatable bonds is 9. The molecule has 0 spiro atoms. The van der Waals surface area contributed by atoms with E-state index in [0.717, 1.165) is 12.5 Å². The van der Waals surface area contributed by atoms with Crippen LogP contribution in [0.25, 0.3) is 16.9 Å². The molecule has 1 amide bonds. The van der Waals surface area contributed by atoms with Crippen LogP contribution in [0.3, 0.4) is 0 Å². The van der Waals surface area contributed by atoms with Gasteiger partial charge in [-0.1, -0.05) is 11.6 Å². The van der Waals surface area contributed by atoms with Crippen LogP contribution in [-0.2, 0) is 19.4 Å². The largest absolute Gasteiger partial charge is 0.461 e. The maximum atomic E-state index is 13.1. The molecule has 0 unspecified atom stereocenters. The number of anilines is 1. The van der Waals surface area contributed by atoms with Crippen LogP contribution in [0.2, 0.25) is 5.02 Å². The Morgan fingerprint density at radius 3 is 2.61 bits per heavy atom. The lowest BCUT2D eigenvalue weighted by Gasteiger charge is -2.19. The number of carbonyl (C=O) groups excluding carboxylic acids is 1. The summed E-state index contributed by atoms with van der Waals surface area (Å²) in [6.07, 6.45) is 5.28. The van der Waals surface area contributed by atoms with Crippen molar-refractivity contribution in [2.24, 2.45) is 0 Å². The highest BCUT2D eigenvalue weighted by Gasteiger charge is 2.25. The topological polar surface area (TPSA) is 151 Å². The molecule has 14 heteroatoms. The van der Waals surface area contributed by atoms with Crippen LogP contribution in [0.5, 0.6) is 5.88 Å². The molecule has 0 saturated heterocycles. The highest BCUT2D eigenvalue weighted by Crippen LogP contribution is 2.26. The van der Waals surface area contributed by atoms with E-state index in [4.69, 9.17) is 21.1 Å². The number of amides is 1. The number of sulfone groups is 1. The molecule has 0 bridgehead atoms. The molecule has 0 saturated carbocycles. The van der Waals surface area contributed by atoms with Crippen LogP contribution in [0.4, 0.5) is 5.82 Å². The van der Waals surface area contributed by atoms with Crippen molar-refractivity contribution in [3.63, 3.8) is 0 Å². The first-order valence-electron chi connectivity index (χ1n) is 10.7. The van der Waals surface area contributed by atoms with Gasteiger partial charge >= 0.3 is 0 Å². The van der Waals surface area contributed by atoms with E-state index in [1.165, 1.54) is 29.3 Å². The number of hydrogen-bond acceptors (Lipinski definition) is 10. The van der Waals surface area contributed by atoms with E-state index < -0.39 is 21.8 Å². The van der Waals surface area contributed by atoms with Gasteiger partial charge in [0, 0.05) is 18.6 Å². The van der Waals surface area contributed by atoms with Gasteiger partial charge in [0.05, 0.1) is 28.8 Å². The number of fused-ring (bicyclic) bond motifs is 1. The average molecular weight is 532 g/mol. The van der Waals surface area contributed by atoms with Crippen molar-refractivity contribution >= 4 is 44.2 Å². The molecule has 4 rings (SSSR count). The SMILES string of the molecule is CC(C)OC[C@H](Oc1ncnc2c1cnn2-c1ncccc1Cl)C(=O)Nc1ccc(S(C)(=O)=O)cn1. The number of hydrogen-bond donors (Lipinski definition) is 1. The van der Waals surface area contributed by atoms with Crippen LogP contribution < -0.4 is 10.1 Å². The van der Waals surface area contributed by atoms with Gasteiger partial charge in [-0.3, -0.25) is 4.79 Å².